The number of thiazole rings is 2. The molecule has 2 N–H and O–H groups in total. The second-order valence-corrected chi connectivity index (χ2v) is 6.80. The Balaban J connectivity index is 1.42. The van der Waals surface area contributed by atoms with E-state index in [2.05, 4.69) is 20.6 Å². The smallest absolute Gasteiger partial charge is 0.276 e. The van der Waals surface area contributed by atoms with Crippen LogP contribution in [0.15, 0.2) is 52.5 Å². The molecule has 120 valence electrons. The summed E-state index contributed by atoms with van der Waals surface area (Å²) < 4.78 is 6.28. The number of hydrogen-bond acceptors (Lipinski definition) is 7. The van der Waals surface area contributed by atoms with Gasteiger partial charge < -0.3 is 9.73 Å². The Kier molecular flexibility index (Phi) is 3.97. The predicted octanol–water partition coefficient (Wildman–Crippen LogP) is 4.21. The lowest BCUT2D eigenvalue weighted by Crippen LogP contribution is -2.12. The number of aromatic nitrogens is 2. The molecule has 0 aliphatic rings. The maximum absolute atomic E-state index is 12.3. The second-order valence-electron chi connectivity index (χ2n) is 4.91. The number of nitrogens with one attached hydrogen (secondary N) is 2. The van der Waals surface area contributed by atoms with E-state index in [-0.39, 0.29) is 5.91 Å². The third-order valence-electron chi connectivity index (χ3n) is 3.25. The van der Waals surface area contributed by atoms with Gasteiger partial charge in [-0.1, -0.05) is 23.5 Å². The number of carbonyl (C=O) groups excluding carboxylic acids is 1. The molecule has 0 aliphatic carbocycles. The van der Waals surface area contributed by atoms with E-state index in [1.165, 1.54) is 22.7 Å². The van der Waals surface area contributed by atoms with Crippen LogP contribution < -0.4 is 10.6 Å². The standard InChI is InChI=1S/C16H12N4O2S2/c21-14(20-16-18-11-5-1-2-6-13(11)24-16)12-9-23-15(19-12)17-8-10-4-3-7-22-10/h1-7,9H,8H2,(H,17,19)(H,18,20,21). The molecule has 0 bridgehead atoms. The molecule has 1 aromatic carbocycles. The molecule has 6 nitrogen and oxygen atoms in total. The molecule has 3 heterocycles. The zero-order chi connectivity index (χ0) is 16.4. The lowest BCUT2D eigenvalue weighted by atomic mass is 10.3. The van der Waals surface area contributed by atoms with Crippen LogP contribution in [0.3, 0.4) is 0 Å². The van der Waals surface area contributed by atoms with Crippen LogP contribution in [0.5, 0.6) is 0 Å². The van der Waals surface area contributed by atoms with Crippen molar-refractivity contribution >= 4 is 49.1 Å². The van der Waals surface area contributed by atoms with Gasteiger partial charge in [0.1, 0.15) is 11.5 Å². The van der Waals surface area contributed by atoms with Crippen LogP contribution in [0.4, 0.5) is 10.3 Å². The molecular weight excluding hydrogens is 344 g/mol. The normalized spacial score (nSPS) is 10.8. The highest BCUT2D eigenvalue weighted by Gasteiger charge is 2.13. The number of fused-ring (bicyclic) bond motifs is 1. The van der Waals surface area contributed by atoms with Gasteiger partial charge >= 0.3 is 0 Å². The van der Waals surface area contributed by atoms with E-state index in [0.29, 0.717) is 22.5 Å². The van der Waals surface area contributed by atoms with Crippen LogP contribution in [0.2, 0.25) is 0 Å². The molecule has 1 amide bonds. The molecule has 0 saturated carbocycles. The summed E-state index contributed by atoms with van der Waals surface area (Å²) in [5.74, 6) is 0.544. The Hall–Kier alpha value is -2.71. The maximum atomic E-state index is 12.3. The largest absolute Gasteiger partial charge is 0.467 e. The van der Waals surface area contributed by atoms with Crippen molar-refractivity contribution in [2.75, 3.05) is 10.6 Å². The number of amides is 1. The first kappa shape index (κ1) is 14.9. The van der Waals surface area contributed by atoms with E-state index in [1.807, 2.05) is 36.4 Å². The summed E-state index contributed by atoms with van der Waals surface area (Å²) >= 11 is 2.81. The molecule has 8 heteroatoms. The molecule has 0 unspecified atom stereocenters. The van der Waals surface area contributed by atoms with Gasteiger partial charge in [-0.25, -0.2) is 9.97 Å². The van der Waals surface area contributed by atoms with E-state index in [9.17, 15) is 4.79 Å². The van der Waals surface area contributed by atoms with Crippen LogP contribution in [0, 0.1) is 0 Å². The van der Waals surface area contributed by atoms with Crippen molar-refractivity contribution in [3.63, 3.8) is 0 Å². The van der Waals surface area contributed by atoms with E-state index in [4.69, 9.17) is 4.42 Å². The molecule has 24 heavy (non-hydrogen) atoms. The minimum atomic E-state index is -0.267. The van der Waals surface area contributed by atoms with E-state index in [0.717, 1.165) is 16.0 Å². The van der Waals surface area contributed by atoms with Gasteiger partial charge in [0.25, 0.3) is 5.91 Å². The molecule has 0 aliphatic heterocycles. The van der Waals surface area contributed by atoms with Crippen LogP contribution >= 0.6 is 22.7 Å². The fraction of sp³-hybridized carbons (Fsp3) is 0.0625. The lowest BCUT2D eigenvalue weighted by Gasteiger charge is -1.99. The highest BCUT2D eigenvalue weighted by Crippen LogP contribution is 2.26. The summed E-state index contributed by atoms with van der Waals surface area (Å²) in [6.45, 7) is 0.527. The molecule has 0 spiro atoms. The monoisotopic (exact) mass is 356 g/mol. The fourth-order valence-corrected chi connectivity index (χ4v) is 3.67. The summed E-state index contributed by atoms with van der Waals surface area (Å²) in [6, 6.07) is 11.5. The van der Waals surface area contributed by atoms with Crippen molar-refractivity contribution in [3.8, 4) is 0 Å². The highest BCUT2D eigenvalue weighted by atomic mass is 32.1. The fourth-order valence-electron chi connectivity index (χ4n) is 2.12. The zero-order valence-electron chi connectivity index (χ0n) is 12.4. The Labute approximate surface area is 145 Å². The summed E-state index contributed by atoms with van der Waals surface area (Å²) in [7, 11) is 0. The van der Waals surface area contributed by atoms with E-state index in [1.54, 1.807) is 11.6 Å². The molecular formula is C16H12N4O2S2. The van der Waals surface area contributed by atoms with Gasteiger partial charge in [0, 0.05) is 5.38 Å². The number of rotatable bonds is 5. The first-order valence-electron chi connectivity index (χ1n) is 7.16. The summed E-state index contributed by atoms with van der Waals surface area (Å²) in [5, 5.41) is 8.88. The topological polar surface area (TPSA) is 80.0 Å². The number of anilines is 2. The third-order valence-corrected chi connectivity index (χ3v) is 5.00. The van der Waals surface area contributed by atoms with Gasteiger partial charge in [-0.05, 0) is 24.3 Å². The van der Waals surface area contributed by atoms with Gasteiger partial charge in [-0.2, -0.15) is 0 Å². The molecule has 3 aromatic heterocycles. The first-order chi connectivity index (χ1) is 11.8. The summed E-state index contributed by atoms with van der Waals surface area (Å²) in [4.78, 5) is 21.0. The van der Waals surface area contributed by atoms with Crippen LogP contribution in [0.25, 0.3) is 10.2 Å². The number of nitrogens with zero attached hydrogens (tertiary/aromatic N) is 2. The third kappa shape index (κ3) is 3.15. The van der Waals surface area contributed by atoms with Crippen molar-refractivity contribution in [2.24, 2.45) is 0 Å². The van der Waals surface area contributed by atoms with E-state index < -0.39 is 0 Å². The Morgan fingerprint density at radius 1 is 1.12 bits per heavy atom. The Bertz CT molecular complexity index is 942. The number of furan rings is 1. The van der Waals surface area contributed by atoms with E-state index >= 15 is 0 Å². The lowest BCUT2D eigenvalue weighted by molar-refractivity contribution is 0.102. The van der Waals surface area contributed by atoms with Crippen molar-refractivity contribution in [2.45, 2.75) is 6.54 Å². The van der Waals surface area contributed by atoms with Crippen LogP contribution in [-0.4, -0.2) is 15.9 Å². The van der Waals surface area contributed by atoms with Crippen molar-refractivity contribution in [1.29, 1.82) is 0 Å². The van der Waals surface area contributed by atoms with Gasteiger partial charge in [0.05, 0.1) is 23.0 Å². The van der Waals surface area contributed by atoms with Gasteiger partial charge in [0.2, 0.25) is 0 Å². The minimum absolute atomic E-state index is 0.267. The van der Waals surface area contributed by atoms with Crippen LogP contribution in [-0.2, 0) is 6.54 Å². The molecule has 0 fully saturated rings. The number of para-hydroxylation sites is 1. The second kappa shape index (κ2) is 6.42. The minimum Gasteiger partial charge on any atom is -0.467 e. The van der Waals surface area contributed by atoms with Crippen molar-refractivity contribution < 1.29 is 9.21 Å². The molecule has 4 rings (SSSR count). The maximum Gasteiger partial charge on any atom is 0.276 e. The Morgan fingerprint density at radius 2 is 2.04 bits per heavy atom. The average molecular weight is 356 g/mol. The average Bonchev–Trinajstić information content (AvgIpc) is 3.32. The van der Waals surface area contributed by atoms with Crippen LogP contribution in [0.1, 0.15) is 16.2 Å². The number of benzene rings is 1. The van der Waals surface area contributed by atoms with Crippen molar-refractivity contribution in [1.82, 2.24) is 9.97 Å². The van der Waals surface area contributed by atoms with Gasteiger partial charge in [-0.15, -0.1) is 11.3 Å². The zero-order valence-corrected chi connectivity index (χ0v) is 14.0. The number of carbonyl (C=O) groups is 1. The predicted molar refractivity (Wildman–Crippen MR) is 95.7 cm³/mol. The molecule has 0 radical (unpaired) electrons. The molecule has 0 saturated heterocycles. The van der Waals surface area contributed by atoms with Gasteiger partial charge in [-0.3, -0.25) is 10.1 Å². The first-order valence-corrected chi connectivity index (χ1v) is 8.86. The summed E-state index contributed by atoms with van der Waals surface area (Å²) in [6.07, 6.45) is 1.62. The highest BCUT2D eigenvalue weighted by molar-refractivity contribution is 7.22. The molecule has 0 atom stereocenters. The summed E-state index contributed by atoms with van der Waals surface area (Å²) in [5.41, 5.74) is 1.23. The number of hydrogen-bond donors (Lipinski definition) is 2. The van der Waals surface area contributed by atoms with Gasteiger partial charge in [0.15, 0.2) is 10.3 Å². The quantitative estimate of drug-likeness (QED) is 0.560. The molecule has 4 aromatic rings. The SMILES string of the molecule is O=C(Nc1nc2ccccc2s1)c1csc(NCc2ccco2)n1. The Morgan fingerprint density at radius 3 is 2.88 bits per heavy atom. The van der Waals surface area contributed by atoms with Crippen molar-refractivity contribution in [3.05, 3.63) is 59.5 Å².